The second-order valence-electron chi connectivity index (χ2n) is 2.52. The summed E-state index contributed by atoms with van der Waals surface area (Å²) < 4.78 is 5.51. The van der Waals surface area contributed by atoms with Crippen LogP contribution in [0.15, 0.2) is 12.7 Å². The minimum absolute atomic E-state index is 0.0561. The Kier molecular flexibility index (Phi) is 6.97. The second kappa shape index (κ2) is 7.03. The first kappa shape index (κ1) is 9.92. The standard InChI is InChI=1S/C8H18OSi/c1-4-5-6-7-9-8(2)10-3/h4,8H,1,5-7,10H2,2-3H3. The van der Waals surface area contributed by atoms with Crippen LogP contribution in [0.4, 0.5) is 0 Å². The molecule has 60 valence electrons. The van der Waals surface area contributed by atoms with Crippen molar-refractivity contribution in [1.82, 2.24) is 0 Å². The molecule has 0 N–H and O–H groups in total. The molecule has 0 aliphatic carbocycles. The summed E-state index contributed by atoms with van der Waals surface area (Å²) in [4.78, 5) is 0. The highest BCUT2D eigenvalue weighted by atomic mass is 28.2. The minimum atomic E-state index is 0.0561. The lowest BCUT2D eigenvalue weighted by atomic mass is 10.3. The molecule has 2 heteroatoms. The van der Waals surface area contributed by atoms with Gasteiger partial charge in [-0.3, -0.25) is 0 Å². The molecule has 1 atom stereocenters. The zero-order chi connectivity index (χ0) is 7.82. The third-order valence-corrected chi connectivity index (χ3v) is 2.92. The molecule has 0 aliphatic rings. The minimum Gasteiger partial charge on any atom is -0.383 e. The van der Waals surface area contributed by atoms with Gasteiger partial charge in [-0.05, 0) is 19.8 Å². The molecule has 0 aromatic rings. The van der Waals surface area contributed by atoms with Crippen molar-refractivity contribution in [3.63, 3.8) is 0 Å². The first-order chi connectivity index (χ1) is 4.81. The van der Waals surface area contributed by atoms with E-state index in [2.05, 4.69) is 20.0 Å². The van der Waals surface area contributed by atoms with Crippen LogP contribution in [0.2, 0.25) is 6.55 Å². The zero-order valence-corrected chi connectivity index (χ0v) is 8.51. The Hall–Kier alpha value is -0.0831. The fourth-order valence-electron chi connectivity index (χ4n) is 0.630. The van der Waals surface area contributed by atoms with Crippen LogP contribution in [0.1, 0.15) is 19.8 Å². The number of unbranched alkanes of at least 4 members (excludes halogenated alkanes) is 1. The second-order valence-corrected chi connectivity index (χ2v) is 4.49. The molecule has 0 saturated carbocycles. The molecule has 0 amide bonds. The Bertz CT molecular complexity index is 83.3. The molecule has 1 unspecified atom stereocenters. The molecule has 0 rings (SSSR count). The lowest BCUT2D eigenvalue weighted by Gasteiger charge is -2.08. The van der Waals surface area contributed by atoms with Crippen molar-refractivity contribution < 1.29 is 4.74 Å². The number of ether oxygens (including phenoxy) is 1. The van der Waals surface area contributed by atoms with E-state index in [1.165, 1.54) is 0 Å². The molecule has 0 spiro atoms. The van der Waals surface area contributed by atoms with E-state index in [9.17, 15) is 0 Å². The van der Waals surface area contributed by atoms with E-state index < -0.39 is 0 Å². The maximum absolute atomic E-state index is 5.51. The number of hydrogen-bond donors (Lipinski definition) is 0. The fraction of sp³-hybridized carbons (Fsp3) is 0.750. The van der Waals surface area contributed by atoms with Crippen molar-refractivity contribution in [1.29, 1.82) is 0 Å². The smallest absolute Gasteiger partial charge is 0.0521 e. The summed E-state index contributed by atoms with van der Waals surface area (Å²) >= 11 is 0. The van der Waals surface area contributed by atoms with Gasteiger partial charge in [0.25, 0.3) is 0 Å². The normalized spacial score (nSPS) is 14.2. The first-order valence-corrected chi connectivity index (χ1v) is 6.26. The highest BCUT2D eigenvalue weighted by Crippen LogP contribution is 1.94. The Labute approximate surface area is 66.3 Å². The highest BCUT2D eigenvalue weighted by molar-refractivity contribution is 6.35. The molecule has 0 radical (unpaired) electrons. The predicted octanol–water partition coefficient (Wildman–Crippen LogP) is 1.53. The third kappa shape index (κ3) is 6.04. The molecular formula is C8H18OSi. The molecule has 0 heterocycles. The number of allylic oxidation sites excluding steroid dienone is 1. The molecule has 0 aliphatic heterocycles. The maximum Gasteiger partial charge on any atom is 0.0521 e. The van der Waals surface area contributed by atoms with Gasteiger partial charge in [0.1, 0.15) is 0 Å². The average Bonchev–Trinajstić information content (AvgIpc) is 1.98. The van der Waals surface area contributed by atoms with Crippen LogP contribution in [-0.2, 0) is 4.74 Å². The van der Waals surface area contributed by atoms with E-state index in [4.69, 9.17) is 4.74 Å². The van der Waals surface area contributed by atoms with E-state index in [1.54, 1.807) is 0 Å². The highest BCUT2D eigenvalue weighted by Gasteiger charge is 1.95. The summed E-state index contributed by atoms with van der Waals surface area (Å²) in [7, 11) is 0.0561. The van der Waals surface area contributed by atoms with Gasteiger partial charge in [0.2, 0.25) is 0 Å². The van der Waals surface area contributed by atoms with Crippen molar-refractivity contribution >= 4 is 9.52 Å². The fourth-order valence-corrected chi connectivity index (χ4v) is 1.03. The van der Waals surface area contributed by atoms with Gasteiger partial charge in [-0.25, -0.2) is 0 Å². The first-order valence-electron chi connectivity index (χ1n) is 4.03. The lowest BCUT2D eigenvalue weighted by Crippen LogP contribution is -2.14. The van der Waals surface area contributed by atoms with E-state index in [0.717, 1.165) is 19.4 Å². The number of rotatable bonds is 6. The van der Waals surface area contributed by atoms with E-state index in [0.29, 0.717) is 5.73 Å². The van der Waals surface area contributed by atoms with Crippen LogP contribution in [0.25, 0.3) is 0 Å². The summed E-state index contributed by atoms with van der Waals surface area (Å²) in [5.41, 5.74) is 0.560. The Morgan fingerprint density at radius 3 is 2.90 bits per heavy atom. The Morgan fingerprint density at radius 1 is 1.70 bits per heavy atom. The summed E-state index contributed by atoms with van der Waals surface area (Å²) in [6.07, 6.45) is 4.15. The van der Waals surface area contributed by atoms with Gasteiger partial charge in [-0.2, -0.15) is 0 Å². The molecule has 0 bridgehead atoms. The van der Waals surface area contributed by atoms with Crippen LogP contribution in [0.3, 0.4) is 0 Å². The molecule has 10 heavy (non-hydrogen) atoms. The van der Waals surface area contributed by atoms with Gasteiger partial charge in [-0.15, -0.1) is 6.58 Å². The monoisotopic (exact) mass is 158 g/mol. The van der Waals surface area contributed by atoms with Crippen LogP contribution in [0, 0.1) is 0 Å². The molecule has 0 aromatic carbocycles. The average molecular weight is 158 g/mol. The summed E-state index contributed by atoms with van der Waals surface area (Å²) in [5, 5.41) is 0. The van der Waals surface area contributed by atoms with E-state index in [-0.39, 0.29) is 9.52 Å². The van der Waals surface area contributed by atoms with Crippen LogP contribution >= 0.6 is 0 Å². The predicted molar refractivity (Wildman–Crippen MR) is 49.3 cm³/mol. The molecule has 0 aromatic heterocycles. The van der Waals surface area contributed by atoms with Gasteiger partial charge in [0.15, 0.2) is 0 Å². The van der Waals surface area contributed by atoms with Gasteiger partial charge in [0, 0.05) is 12.3 Å². The van der Waals surface area contributed by atoms with Crippen molar-refractivity contribution in [2.24, 2.45) is 0 Å². The SMILES string of the molecule is C=CCCCOC(C)[SiH2]C. The van der Waals surface area contributed by atoms with Gasteiger partial charge >= 0.3 is 0 Å². The van der Waals surface area contributed by atoms with Gasteiger partial charge in [-0.1, -0.05) is 12.6 Å². The van der Waals surface area contributed by atoms with Crippen molar-refractivity contribution in [2.75, 3.05) is 6.61 Å². The summed E-state index contributed by atoms with van der Waals surface area (Å²) in [6.45, 7) is 9.00. The van der Waals surface area contributed by atoms with Crippen LogP contribution in [0.5, 0.6) is 0 Å². The quantitative estimate of drug-likeness (QED) is 0.324. The van der Waals surface area contributed by atoms with E-state index in [1.807, 2.05) is 6.08 Å². The van der Waals surface area contributed by atoms with Crippen molar-refractivity contribution in [3.05, 3.63) is 12.7 Å². The summed E-state index contributed by atoms with van der Waals surface area (Å²) in [6, 6.07) is 0. The van der Waals surface area contributed by atoms with Crippen LogP contribution in [-0.4, -0.2) is 21.9 Å². The van der Waals surface area contributed by atoms with Gasteiger partial charge in [0.05, 0.1) is 9.52 Å². The number of hydrogen-bond acceptors (Lipinski definition) is 1. The topological polar surface area (TPSA) is 9.23 Å². The molecule has 0 saturated heterocycles. The zero-order valence-electron chi connectivity index (χ0n) is 7.10. The van der Waals surface area contributed by atoms with Crippen molar-refractivity contribution in [3.8, 4) is 0 Å². The van der Waals surface area contributed by atoms with Crippen molar-refractivity contribution in [2.45, 2.75) is 32.0 Å². The Morgan fingerprint density at radius 2 is 2.40 bits per heavy atom. The molecule has 1 nitrogen and oxygen atoms in total. The summed E-state index contributed by atoms with van der Waals surface area (Å²) in [5.74, 6) is 0. The lowest BCUT2D eigenvalue weighted by molar-refractivity contribution is 0.115. The molecule has 0 fully saturated rings. The van der Waals surface area contributed by atoms with E-state index >= 15 is 0 Å². The van der Waals surface area contributed by atoms with Gasteiger partial charge < -0.3 is 4.74 Å². The third-order valence-electron chi connectivity index (χ3n) is 1.53. The maximum atomic E-state index is 5.51. The van der Waals surface area contributed by atoms with Crippen LogP contribution < -0.4 is 0 Å². The molecular weight excluding hydrogens is 140 g/mol. The largest absolute Gasteiger partial charge is 0.383 e. The Balaban J connectivity index is 2.95.